The van der Waals surface area contributed by atoms with E-state index in [9.17, 15) is 4.79 Å². The molecular weight excluding hydrogens is 322 g/mol. The average molecular weight is 346 g/mol. The molecule has 0 aliphatic carbocycles. The molecule has 3 nitrogen and oxygen atoms in total. The molecule has 2 aromatic carbocycles. The Morgan fingerprint density at radius 2 is 1.79 bits per heavy atom. The Bertz CT molecular complexity index is 640. The molecule has 0 saturated heterocycles. The third kappa shape index (κ3) is 6.34. The monoisotopic (exact) mass is 345 g/mol. The van der Waals surface area contributed by atoms with Crippen molar-refractivity contribution in [3.8, 4) is 0 Å². The summed E-state index contributed by atoms with van der Waals surface area (Å²) in [5.74, 6) is 0.0502. The maximum Gasteiger partial charge on any atom is 0.220 e. The summed E-state index contributed by atoms with van der Waals surface area (Å²) in [6.45, 7) is 3.96. The molecule has 4 heteroatoms. The fourth-order valence-electron chi connectivity index (χ4n) is 2.39. The Labute approximate surface area is 149 Å². The molecule has 2 aromatic rings. The molecule has 1 amide bonds. The largest absolute Gasteiger partial charge is 0.377 e. The summed E-state index contributed by atoms with van der Waals surface area (Å²) in [6, 6.07) is 15.7. The molecule has 128 valence electrons. The van der Waals surface area contributed by atoms with E-state index in [1.807, 2.05) is 48.5 Å². The number of halogens is 1. The van der Waals surface area contributed by atoms with Gasteiger partial charge in [-0.1, -0.05) is 54.9 Å². The number of rotatable bonds is 9. The van der Waals surface area contributed by atoms with Crippen molar-refractivity contribution >= 4 is 17.5 Å². The van der Waals surface area contributed by atoms with Gasteiger partial charge < -0.3 is 10.1 Å². The van der Waals surface area contributed by atoms with Gasteiger partial charge >= 0.3 is 0 Å². The smallest absolute Gasteiger partial charge is 0.220 e. The third-order valence-electron chi connectivity index (χ3n) is 3.75. The minimum Gasteiger partial charge on any atom is -0.377 e. The van der Waals surface area contributed by atoms with Gasteiger partial charge in [0.05, 0.1) is 6.61 Å². The van der Waals surface area contributed by atoms with Gasteiger partial charge in [-0.05, 0) is 41.7 Å². The number of benzene rings is 2. The first-order chi connectivity index (χ1) is 11.7. The van der Waals surface area contributed by atoms with E-state index >= 15 is 0 Å². The number of carbonyl (C=O) groups is 1. The van der Waals surface area contributed by atoms with Gasteiger partial charge in [0.15, 0.2) is 0 Å². The molecule has 1 N–H and O–H groups in total. The first kappa shape index (κ1) is 18.5. The molecule has 0 aliphatic rings. The zero-order chi connectivity index (χ0) is 17.2. The molecule has 0 bridgehead atoms. The van der Waals surface area contributed by atoms with Crippen molar-refractivity contribution < 1.29 is 9.53 Å². The summed E-state index contributed by atoms with van der Waals surface area (Å²) >= 11 is 5.86. The minimum atomic E-state index is 0.0502. The van der Waals surface area contributed by atoms with Crippen molar-refractivity contribution in [2.45, 2.75) is 39.3 Å². The van der Waals surface area contributed by atoms with E-state index < -0.39 is 0 Å². The highest BCUT2D eigenvalue weighted by molar-refractivity contribution is 6.30. The van der Waals surface area contributed by atoms with E-state index in [4.69, 9.17) is 16.3 Å². The van der Waals surface area contributed by atoms with Crippen LogP contribution in [0.25, 0.3) is 0 Å². The van der Waals surface area contributed by atoms with E-state index in [0.717, 1.165) is 29.7 Å². The van der Waals surface area contributed by atoms with Gasteiger partial charge in [-0.15, -0.1) is 0 Å². The van der Waals surface area contributed by atoms with Crippen LogP contribution in [0.5, 0.6) is 0 Å². The topological polar surface area (TPSA) is 38.3 Å². The lowest BCUT2D eigenvalue weighted by Gasteiger charge is -2.11. The minimum absolute atomic E-state index is 0.0502. The van der Waals surface area contributed by atoms with Gasteiger partial charge in [-0.2, -0.15) is 0 Å². The van der Waals surface area contributed by atoms with Crippen molar-refractivity contribution in [1.29, 1.82) is 0 Å². The highest BCUT2D eigenvalue weighted by atomic mass is 35.5. The van der Waals surface area contributed by atoms with Crippen molar-refractivity contribution in [1.82, 2.24) is 5.32 Å². The van der Waals surface area contributed by atoms with Crippen LogP contribution in [0.4, 0.5) is 0 Å². The maximum absolute atomic E-state index is 12.1. The standard InChI is InChI=1S/C20H24ClNO2/c1-2-13-24-15-18-6-4-3-5-17(18)14-22-20(23)12-9-16-7-10-19(21)11-8-16/h3-8,10-11H,2,9,12-15H2,1H3,(H,22,23). The molecular formula is C20H24ClNO2. The fourth-order valence-corrected chi connectivity index (χ4v) is 2.51. The third-order valence-corrected chi connectivity index (χ3v) is 4.01. The van der Waals surface area contributed by atoms with E-state index in [-0.39, 0.29) is 5.91 Å². The molecule has 0 aliphatic heterocycles. The second kappa shape index (κ2) is 10.1. The van der Waals surface area contributed by atoms with Crippen LogP contribution in [0.3, 0.4) is 0 Å². The van der Waals surface area contributed by atoms with E-state index in [2.05, 4.69) is 12.2 Å². The van der Waals surface area contributed by atoms with Gasteiger partial charge in [0.2, 0.25) is 5.91 Å². The van der Waals surface area contributed by atoms with Crippen LogP contribution in [0.1, 0.15) is 36.5 Å². The highest BCUT2D eigenvalue weighted by Gasteiger charge is 2.06. The zero-order valence-corrected chi connectivity index (χ0v) is 14.8. The lowest BCUT2D eigenvalue weighted by Crippen LogP contribution is -2.23. The second-order valence-corrected chi connectivity index (χ2v) is 6.16. The van der Waals surface area contributed by atoms with Crippen molar-refractivity contribution in [3.05, 3.63) is 70.2 Å². The average Bonchev–Trinajstić information content (AvgIpc) is 2.60. The van der Waals surface area contributed by atoms with Gasteiger partial charge in [0, 0.05) is 24.6 Å². The normalized spacial score (nSPS) is 10.6. The fraction of sp³-hybridized carbons (Fsp3) is 0.350. The van der Waals surface area contributed by atoms with Crippen molar-refractivity contribution in [2.24, 2.45) is 0 Å². The number of hydrogen-bond donors (Lipinski definition) is 1. The molecule has 0 spiro atoms. The Morgan fingerprint density at radius 1 is 1.08 bits per heavy atom. The molecule has 24 heavy (non-hydrogen) atoms. The Morgan fingerprint density at radius 3 is 2.50 bits per heavy atom. The van der Waals surface area contributed by atoms with Crippen LogP contribution < -0.4 is 5.32 Å². The van der Waals surface area contributed by atoms with Crippen molar-refractivity contribution in [3.63, 3.8) is 0 Å². The van der Waals surface area contributed by atoms with Gasteiger partial charge in [0.1, 0.15) is 0 Å². The summed E-state index contributed by atoms with van der Waals surface area (Å²) < 4.78 is 5.61. The Kier molecular flexibility index (Phi) is 7.80. The highest BCUT2D eigenvalue weighted by Crippen LogP contribution is 2.12. The van der Waals surface area contributed by atoms with Crippen LogP contribution in [0.15, 0.2) is 48.5 Å². The van der Waals surface area contributed by atoms with Crippen molar-refractivity contribution in [2.75, 3.05) is 6.61 Å². The summed E-state index contributed by atoms with van der Waals surface area (Å²) in [5, 5.41) is 3.70. The van der Waals surface area contributed by atoms with E-state index in [0.29, 0.717) is 31.0 Å². The number of carbonyl (C=O) groups excluding carboxylic acids is 1. The quantitative estimate of drug-likeness (QED) is 0.679. The molecule has 2 rings (SSSR count). The van der Waals surface area contributed by atoms with Gasteiger partial charge in [0.25, 0.3) is 0 Å². The van der Waals surface area contributed by atoms with E-state index in [1.54, 1.807) is 0 Å². The van der Waals surface area contributed by atoms with E-state index in [1.165, 1.54) is 0 Å². The molecule has 0 aromatic heterocycles. The summed E-state index contributed by atoms with van der Waals surface area (Å²) in [4.78, 5) is 12.1. The van der Waals surface area contributed by atoms with Crippen LogP contribution in [0, 0.1) is 0 Å². The van der Waals surface area contributed by atoms with Gasteiger partial charge in [-0.25, -0.2) is 0 Å². The number of ether oxygens (including phenoxy) is 1. The number of aryl methyl sites for hydroxylation is 1. The Hall–Kier alpha value is -1.84. The molecule has 0 fully saturated rings. The number of nitrogens with one attached hydrogen (secondary N) is 1. The zero-order valence-electron chi connectivity index (χ0n) is 14.1. The lowest BCUT2D eigenvalue weighted by atomic mass is 10.1. The molecule has 0 heterocycles. The summed E-state index contributed by atoms with van der Waals surface area (Å²) in [5.41, 5.74) is 3.35. The molecule has 0 atom stereocenters. The SMILES string of the molecule is CCCOCc1ccccc1CNC(=O)CCc1ccc(Cl)cc1. The predicted molar refractivity (Wildman–Crippen MR) is 98.0 cm³/mol. The molecule has 0 saturated carbocycles. The lowest BCUT2D eigenvalue weighted by molar-refractivity contribution is -0.121. The second-order valence-electron chi connectivity index (χ2n) is 5.72. The van der Waals surface area contributed by atoms with Crippen LogP contribution in [0.2, 0.25) is 5.02 Å². The predicted octanol–water partition coefficient (Wildman–Crippen LogP) is 4.52. The first-order valence-electron chi connectivity index (χ1n) is 8.34. The molecule has 0 unspecified atom stereocenters. The van der Waals surface area contributed by atoms with Crippen LogP contribution in [-0.4, -0.2) is 12.5 Å². The Balaban J connectivity index is 1.79. The van der Waals surface area contributed by atoms with Crippen LogP contribution >= 0.6 is 11.6 Å². The first-order valence-corrected chi connectivity index (χ1v) is 8.72. The molecule has 0 radical (unpaired) electrons. The van der Waals surface area contributed by atoms with Gasteiger partial charge in [-0.3, -0.25) is 4.79 Å². The number of hydrogen-bond acceptors (Lipinski definition) is 2. The summed E-state index contributed by atoms with van der Waals surface area (Å²) in [6.07, 6.45) is 2.18. The number of amides is 1. The van der Waals surface area contributed by atoms with Crippen LogP contribution in [-0.2, 0) is 29.1 Å². The summed E-state index contributed by atoms with van der Waals surface area (Å²) in [7, 11) is 0. The maximum atomic E-state index is 12.1.